The van der Waals surface area contributed by atoms with Crippen LogP contribution >= 0.6 is 11.6 Å². The van der Waals surface area contributed by atoms with Crippen molar-refractivity contribution in [3.8, 4) is 5.75 Å². The van der Waals surface area contributed by atoms with E-state index in [9.17, 15) is 22.8 Å². The number of fused-ring (bicyclic) bond motifs is 1. The molecule has 330 valence electrons. The van der Waals surface area contributed by atoms with Crippen LogP contribution in [0.25, 0.3) is 11.0 Å². The molecule has 3 aliphatic heterocycles. The first-order chi connectivity index (χ1) is 29.9. The normalized spacial score (nSPS) is 21.6. The van der Waals surface area contributed by atoms with Crippen LogP contribution in [0.1, 0.15) is 95.6 Å². The number of likely N-dealkylation sites (tertiary alicyclic amines) is 1. The fourth-order valence-corrected chi connectivity index (χ4v) is 12.9. The van der Waals surface area contributed by atoms with Gasteiger partial charge in [-0.1, -0.05) is 24.4 Å². The van der Waals surface area contributed by atoms with Crippen LogP contribution in [-0.2, 0) is 19.4 Å². The summed E-state index contributed by atoms with van der Waals surface area (Å²) < 4.78 is 35.6. The molecule has 1 spiro atoms. The predicted octanol–water partition coefficient (Wildman–Crippen LogP) is 7.16. The number of aromatic nitrogens is 3. The first-order valence-corrected chi connectivity index (χ1v) is 24.3. The van der Waals surface area contributed by atoms with Gasteiger partial charge in [0.15, 0.2) is 9.84 Å². The van der Waals surface area contributed by atoms with Gasteiger partial charge < -0.3 is 25.2 Å². The number of amides is 2. The quantitative estimate of drug-likeness (QED) is 0.123. The maximum atomic E-state index is 13.9. The van der Waals surface area contributed by atoms with Crippen molar-refractivity contribution in [3.05, 3.63) is 69.6 Å². The van der Waals surface area contributed by atoms with Crippen LogP contribution in [0.15, 0.2) is 58.4 Å². The molecule has 2 aromatic carbocycles. The van der Waals surface area contributed by atoms with E-state index in [1.165, 1.54) is 0 Å². The molecule has 0 radical (unpaired) electrons. The van der Waals surface area contributed by atoms with Crippen molar-refractivity contribution in [2.75, 3.05) is 54.9 Å². The summed E-state index contributed by atoms with van der Waals surface area (Å²) in [5.41, 5.74) is 3.75. The molecule has 3 saturated heterocycles. The van der Waals surface area contributed by atoms with E-state index in [2.05, 4.69) is 36.8 Å². The number of carbonyl (C=O) groups excluding carboxylic acids is 2. The van der Waals surface area contributed by atoms with E-state index in [4.69, 9.17) is 21.3 Å². The predicted molar refractivity (Wildman–Crippen MR) is 241 cm³/mol. The Bertz CT molecular complexity index is 2520. The summed E-state index contributed by atoms with van der Waals surface area (Å²) in [5.74, 6) is 1.21. The number of hydrogen-bond donors (Lipinski definition) is 3. The molecular formula is C46H57ClN8O6S. The topological polar surface area (TPSA) is 168 Å². The van der Waals surface area contributed by atoms with Gasteiger partial charge in [0.05, 0.1) is 22.4 Å². The third-order valence-electron chi connectivity index (χ3n) is 14.2. The number of nitrogens with one attached hydrogen (secondary N) is 3. The molecule has 1 unspecified atom stereocenters. The Kier molecular flexibility index (Phi) is 12.0. The first kappa shape index (κ1) is 42.6. The number of piperidine rings is 3. The van der Waals surface area contributed by atoms with Gasteiger partial charge in [0.25, 0.3) is 5.56 Å². The highest BCUT2D eigenvalue weighted by molar-refractivity contribution is 7.92. The van der Waals surface area contributed by atoms with E-state index in [0.717, 1.165) is 107 Å². The minimum atomic E-state index is -3.49. The Morgan fingerprint density at radius 3 is 2.42 bits per heavy atom. The molecule has 9 rings (SSSR count). The molecule has 5 aliphatic rings. The lowest BCUT2D eigenvalue weighted by Gasteiger charge is -2.52. The molecular weight excluding hydrogens is 828 g/mol. The number of anilines is 4. The minimum absolute atomic E-state index is 0.0544. The zero-order chi connectivity index (χ0) is 43.2. The van der Waals surface area contributed by atoms with E-state index in [-0.39, 0.29) is 39.1 Å². The molecule has 1 atom stereocenters. The minimum Gasteiger partial charge on any atom is -0.492 e. The fraction of sp³-hybridized carbons (Fsp3) is 0.543. The number of carbonyl (C=O) groups is 2. The number of pyridine rings is 1. The highest BCUT2D eigenvalue weighted by Gasteiger charge is 2.51. The number of benzene rings is 2. The number of ether oxygens (including phenoxy) is 1. The maximum Gasteiger partial charge on any atom is 0.271 e. The number of rotatable bonds is 12. The van der Waals surface area contributed by atoms with Crippen LogP contribution in [-0.4, -0.2) is 90.3 Å². The summed E-state index contributed by atoms with van der Waals surface area (Å²) in [6.07, 6.45) is 12.1. The van der Waals surface area contributed by atoms with Gasteiger partial charge >= 0.3 is 0 Å². The molecule has 16 heteroatoms. The van der Waals surface area contributed by atoms with Crippen molar-refractivity contribution in [2.24, 2.45) is 11.3 Å². The second-order valence-electron chi connectivity index (χ2n) is 18.2. The molecule has 2 aliphatic carbocycles. The highest BCUT2D eigenvalue weighted by atomic mass is 35.5. The number of hydrogen-bond acceptors (Lipinski definition) is 12. The van der Waals surface area contributed by atoms with Crippen molar-refractivity contribution in [1.29, 1.82) is 0 Å². The second-order valence-corrected chi connectivity index (χ2v) is 20.9. The van der Waals surface area contributed by atoms with Crippen LogP contribution in [0.5, 0.6) is 5.75 Å². The molecule has 4 aromatic rings. The lowest BCUT2D eigenvalue weighted by atomic mass is 9.63. The Hall–Kier alpha value is -4.73. The zero-order valence-electron chi connectivity index (χ0n) is 35.6. The van der Waals surface area contributed by atoms with E-state index >= 15 is 0 Å². The third-order valence-corrected chi connectivity index (χ3v) is 16.6. The zero-order valence-corrected chi connectivity index (χ0v) is 37.2. The van der Waals surface area contributed by atoms with Gasteiger partial charge in [0.1, 0.15) is 22.5 Å². The lowest BCUT2D eigenvalue weighted by Crippen LogP contribution is -2.52. The second kappa shape index (κ2) is 17.4. The van der Waals surface area contributed by atoms with Gasteiger partial charge in [-0.3, -0.25) is 24.3 Å². The molecule has 14 nitrogen and oxygen atoms in total. The average molecular weight is 886 g/mol. The largest absolute Gasteiger partial charge is 0.492 e. The van der Waals surface area contributed by atoms with Gasteiger partial charge in [-0.05, 0) is 138 Å². The van der Waals surface area contributed by atoms with Gasteiger partial charge in [-0.25, -0.2) is 13.4 Å². The molecule has 2 amide bonds. The van der Waals surface area contributed by atoms with Gasteiger partial charge in [-0.15, -0.1) is 0 Å². The molecule has 3 N–H and O–H groups in total. The summed E-state index contributed by atoms with van der Waals surface area (Å²) in [7, 11) is -3.49. The first-order valence-electron chi connectivity index (χ1n) is 22.4. The summed E-state index contributed by atoms with van der Waals surface area (Å²) in [5, 5.41) is 9.44. The van der Waals surface area contributed by atoms with E-state index in [1.54, 1.807) is 35.0 Å². The van der Waals surface area contributed by atoms with Crippen molar-refractivity contribution in [1.82, 2.24) is 24.8 Å². The lowest BCUT2D eigenvalue weighted by molar-refractivity contribution is -0.133. The van der Waals surface area contributed by atoms with E-state index in [0.29, 0.717) is 65.8 Å². The molecule has 5 heterocycles. The summed E-state index contributed by atoms with van der Waals surface area (Å²) in [6, 6.07) is 12.5. The smallest absolute Gasteiger partial charge is 0.271 e. The monoisotopic (exact) mass is 884 g/mol. The van der Waals surface area contributed by atoms with Gasteiger partial charge in [0, 0.05) is 61.1 Å². The summed E-state index contributed by atoms with van der Waals surface area (Å²) in [6.45, 7) is 9.35. The van der Waals surface area contributed by atoms with Crippen molar-refractivity contribution < 1.29 is 22.7 Å². The Morgan fingerprint density at radius 1 is 0.952 bits per heavy atom. The highest BCUT2D eigenvalue weighted by Crippen LogP contribution is 2.53. The Labute approximate surface area is 368 Å². The Balaban J connectivity index is 0.757. The van der Waals surface area contributed by atoms with Crippen molar-refractivity contribution in [2.45, 2.75) is 113 Å². The van der Waals surface area contributed by atoms with Crippen LogP contribution in [0.4, 0.5) is 23.0 Å². The molecule has 2 aromatic heterocycles. The average Bonchev–Trinajstić information content (AvgIpc) is 3.78. The van der Waals surface area contributed by atoms with Crippen LogP contribution in [0.3, 0.4) is 0 Å². The van der Waals surface area contributed by atoms with Crippen molar-refractivity contribution >= 4 is 67.3 Å². The third kappa shape index (κ3) is 8.64. The number of sulfone groups is 1. The number of aryl methyl sites for hydroxylation is 1. The molecule has 62 heavy (non-hydrogen) atoms. The SMILES string of the molecule is CCOc1cc(NC2CCC(=O)NC2=O)ccc1N1CCC(CN2CCC3(CC2)CC(S(=O)(=O)c2ccc(Nc4ncc5cc(Cl)c(=O)n(C6CCCC6)c5n4)c(C)c2)C3)CC1. The van der Waals surface area contributed by atoms with Gasteiger partial charge in [0.2, 0.25) is 17.8 Å². The summed E-state index contributed by atoms with van der Waals surface area (Å²) in [4.78, 5) is 51.6. The molecule has 0 bridgehead atoms. The molecule has 2 saturated carbocycles. The maximum absolute atomic E-state index is 13.9. The number of halogens is 1. The Morgan fingerprint density at radius 2 is 1.71 bits per heavy atom. The van der Waals surface area contributed by atoms with Crippen LogP contribution in [0.2, 0.25) is 5.02 Å². The van der Waals surface area contributed by atoms with E-state index in [1.807, 2.05) is 26.0 Å². The van der Waals surface area contributed by atoms with Gasteiger partial charge in [-0.2, -0.15) is 4.98 Å². The summed E-state index contributed by atoms with van der Waals surface area (Å²) >= 11 is 6.31. The number of imide groups is 1. The van der Waals surface area contributed by atoms with Crippen LogP contribution < -0.4 is 31.1 Å². The van der Waals surface area contributed by atoms with E-state index < -0.39 is 15.9 Å². The molecule has 5 fully saturated rings. The van der Waals surface area contributed by atoms with Crippen molar-refractivity contribution in [3.63, 3.8) is 0 Å². The standard InChI is InChI=1S/C46H57ClN8O6S/c1-3-61-40-24-32(49-38-11-13-41(56)51-43(38)57)8-12-39(40)54-18-14-30(15-19-54)28-53-20-16-46(17-21-53)25-35(26-46)62(59,60)34-9-10-37(29(2)22-34)50-45-48-27-31-23-36(47)44(58)55(42(31)52-45)33-6-4-5-7-33/h8-10,12,22-24,27,30,33,35,38,49H,3-7,11,13-21,25-26,28H2,1-2H3,(H,48,50,52)(H,51,56,57). The number of nitrogens with zero attached hydrogens (tertiary/aromatic N) is 5. The van der Waals surface area contributed by atoms with Crippen LogP contribution in [0, 0.1) is 18.3 Å². The fourth-order valence-electron chi connectivity index (χ4n) is 10.5.